The van der Waals surface area contributed by atoms with Gasteiger partial charge >= 0.3 is 5.97 Å². The first-order valence-electron chi connectivity index (χ1n) is 6.96. The molecule has 2 atom stereocenters. The van der Waals surface area contributed by atoms with E-state index in [0.717, 1.165) is 31.3 Å². The van der Waals surface area contributed by atoms with Gasteiger partial charge in [0.25, 0.3) is 0 Å². The van der Waals surface area contributed by atoms with Crippen molar-refractivity contribution >= 4 is 5.97 Å². The van der Waals surface area contributed by atoms with Crippen LogP contribution in [-0.2, 0) is 14.3 Å². The van der Waals surface area contributed by atoms with Gasteiger partial charge in [-0.05, 0) is 52.0 Å². The van der Waals surface area contributed by atoms with E-state index in [1.165, 1.54) is 0 Å². The standard InChI is InChI=1S/C16H26O3/c1-6-8-14-12(2)11-13(19-14)9-7-10-18-15(17)16(3,4)5/h6,13-14H,1-2,7-11H2,3-5H3/t13-,14-/m0/s1. The van der Waals surface area contributed by atoms with Crippen LogP contribution in [0, 0.1) is 5.41 Å². The molecule has 0 N–H and O–H groups in total. The molecule has 1 fully saturated rings. The molecule has 0 aromatic rings. The number of carbonyl (C=O) groups excluding carboxylic acids is 1. The molecule has 0 aromatic heterocycles. The summed E-state index contributed by atoms with van der Waals surface area (Å²) in [5.41, 5.74) is 0.726. The maximum absolute atomic E-state index is 11.6. The Labute approximate surface area is 116 Å². The molecule has 0 aromatic carbocycles. The Hall–Kier alpha value is -1.09. The van der Waals surface area contributed by atoms with Crippen LogP contribution in [0.15, 0.2) is 24.8 Å². The lowest BCUT2D eigenvalue weighted by Crippen LogP contribution is -2.23. The zero-order valence-corrected chi connectivity index (χ0v) is 12.4. The minimum Gasteiger partial charge on any atom is -0.465 e. The third kappa shape index (κ3) is 5.19. The van der Waals surface area contributed by atoms with E-state index in [4.69, 9.17) is 9.47 Å². The molecule has 3 nitrogen and oxygen atoms in total. The second-order valence-electron chi connectivity index (χ2n) is 6.16. The highest BCUT2D eigenvalue weighted by molar-refractivity contribution is 5.75. The predicted octanol–water partition coefficient (Wildman–Crippen LogP) is 3.65. The van der Waals surface area contributed by atoms with Crippen LogP contribution >= 0.6 is 0 Å². The van der Waals surface area contributed by atoms with Crippen molar-refractivity contribution in [3.05, 3.63) is 24.8 Å². The lowest BCUT2D eigenvalue weighted by atomic mass is 9.97. The van der Waals surface area contributed by atoms with Crippen molar-refractivity contribution < 1.29 is 14.3 Å². The summed E-state index contributed by atoms with van der Waals surface area (Å²) < 4.78 is 11.1. The molecule has 0 aliphatic carbocycles. The summed E-state index contributed by atoms with van der Waals surface area (Å²) >= 11 is 0. The number of rotatable bonds is 6. The lowest BCUT2D eigenvalue weighted by Gasteiger charge is -2.17. The van der Waals surface area contributed by atoms with Crippen LogP contribution in [0.5, 0.6) is 0 Å². The first-order valence-corrected chi connectivity index (χ1v) is 6.96. The Balaban J connectivity index is 2.19. The molecule has 0 amide bonds. The van der Waals surface area contributed by atoms with Crippen LogP contribution in [0.3, 0.4) is 0 Å². The minimum atomic E-state index is -0.423. The Bertz CT molecular complexity index is 338. The van der Waals surface area contributed by atoms with Crippen molar-refractivity contribution in [1.82, 2.24) is 0 Å². The zero-order chi connectivity index (χ0) is 14.5. The molecule has 0 radical (unpaired) electrons. The number of hydrogen-bond acceptors (Lipinski definition) is 3. The molecule has 0 unspecified atom stereocenters. The highest BCUT2D eigenvalue weighted by atomic mass is 16.5. The normalized spacial score (nSPS) is 23.4. The Morgan fingerprint density at radius 2 is 2.21 bits per heavy atom. The molecule has 108 valence electrons. The molecule has 1 saturated heterocycles. The van der Waals surface area contributed by atoms with Gasteiger partial charge in [0, 0.05) is 0 Å². The zero-order valence-electron chi connectivity index (χ0n) is 12.4. The van der Waals surface area contributed by atoms with E-state index < -0.39 is 5.41 Å². The van der Waals surface area contributed by atoms with E-state index in [1.54, 1.807) is 0 Å². The Morgan fingerprint density at radius 1 is 1.53 bits per heavy atom. The van der Waals surface area contributed by atoms with E-state index in [-0.39, 0.29) is 18.2 Å². The summed E-state index contributed by atoms with van der Waals surface area (Å²) in [6.07, 6.45) is 5.68. The molecule has 19 heavy (non-hydrogen) atoms. The second-order valence-corrected chi connectivity index (χ2v) is 6.16. The van der Waals surface area contributed by atoms with Crippen LogP contribution < -0.4 is 0 Å². The van der Waals surface area contributed by atoms with Gasteiger partial charge in [-0.15, -0.1) is 6.58 Å². The highest BCUT2D eigenvalue weighted by Gasteiger charge is 2.27. The first kappa shape index (κ1) is 16.0. The van der Waals surface area contributed by atoms with Gasteiger partial charge in [-0.2, -0.15) is 0 Å². The number of esters is 1. The monoisotopic (exact) mass is 266 g/mol. The third-order valence-corrected chi connectivity index (χ3v) is 3.20. The number of ether oxygens (including phenoxy) is 2. The predicted molar refractivity (Wildman–Crippen MR) is 76.9 cm³/mol. The second kappa shape index (κ2) is 6.90. The molecular formula is C16H26O3. The minimum absolute atomic E-state index is 0.125. The van der Waals surface area contributed by atoms with Crippen LogP contribution in [0.1, 0.15) is 46.5 Å². The maximum Gasteiger partial charge on any atom is 0.311 e. The molecular weight excluding hydrogens is 240 g/mol. The van der Waals surface area contributed by atoms with Crippen LogP contribution in [-0.4, -0.2) is 24.8 Å². The fourth-order valence-electron chi connectivity index (χ4n) is 2.04. The number of hydrogen-bond donors (Lipinski definition) is 0. The maximum atomic E-state index is 11.6. The van der Waals surface area contributed by atoms with E-state index in [9.17, 15) is 4.79 Å². The van der Waals surface area contributed by atoms with Crippen molar-refractivity contribution in [2.75, 3.05) is 6.61 Å². The fraction of sp³-hybridized carbons (Fsp3) is 0.688. The third-order valence-electron chi connectivity index (χ3n) is 3.20. The van der Waals surface area contributed by atoms with Gasteiger partial charge in [0.1, 0.15) is 0 Å². The van der Waals surface area contributed by atoms with Crippen LogP contribution in [0.2, 0.25) is 0 Å². The van der Waals surface area contributed by atoms with Crippen molar-refractivity contribution in [3.8, 4) is 0 Å². The molecule has 0 spiro atoms. The summed E-state index contributed by atoms with van der Waals surface area (Å²) in [6.45, 7) is 13.8. The van der Waals surface area contributed by atoms with E-state index >= 15 is 0 Å². The van der Waals surface area contributed by atoms with Gasteiger partial charge in [-0.1, -0.05) is 12.7 Å². The van der Waals surface area contributed by atoms with Crippen molar-refractivity contribution in [3.63, 3.8) is 0 Å². The molecule has 3 heteroatoms. The molecule has 1 aliphatic heterocycles. The van der Waals surface area contributed by atoms with Gasteiger partial charge < -0.3 is 9.47 Å². The summed E-state index contributed by atoms with van der Waals surface area (Å²) in [5.74, 6) is -0.145. The number of carbonyl (C=O) groups is 1. The topological polar surface area (TPSA) is 35.5 Å². The van der Waals surface area contributed by atoms with Gasteiger partial charge in [0.2, 0.25) is 0 Å². The largest absolute Gasteiger partial charge is 0.465 e. The SMILES string of the molecule is C=CC[C@@H]1O[C@@H](CCCOC(=O)C(C)(C)C)CC1=C. The summed E-state index contributed by atoms with van der Waals surface area (Å²) in [5, 5.41) is 0. The van der Waals surface area contributed by atoms with E-state index in [0.29, 0.717) is 6.61 Å². The first-order chi connectivity index (χ1) is 8.84. The quantitative estimate of drug-likeness (QED) is 0.418. The average molecular weight is 266 g/mol. The van der Waals surface area contributed by atoms with E-state index in [1.807, 2.05) is 26.8 Å². The van der Waals surface area contributed by atoms with Gasteiger partial charge in [0.05, 0.1) is 24.2 Å². The highest BCUT2D eigenvalue weighted by Crippen LogP contribution is 2.29. The van der Waals surface area contributed by atoms with Gasteiger partial charge in [-0.25, -0.2) is 0 Å². The lowest BCUT2D eigenvalue weighted by molar-refractivity contribution is -0.153. The average Bonchev–Trinajstić information content (AvgIpc) is 2.65. The van der Waals surface area contributed by atoms with Crippen molar-refractivity contribution in [2.24, 2.45) is 5.41 Å². The molecule has 0 saturated carbocycles. The van der Waals surface area contributed by atoms with Crippen molar-refractivity contribution in [2.45, 2.75) is 58.7 Å². The van der Waals surface area contributed by atoms with Crippen LogP contribution in [0.25, 0.3) is 0 Å². The van der Waals surface area contributed by atoms with E-state index in [2.05, 4.69) is 13.2 Å². The fourth-order valence-corrected chi connectivity index (χ4v) is 2.04. The Kier molecular flexibility index (Phi) is 5.80. The molecule has 0 bridgehead atoms. The molecule has 1 aliphatic rings. The Morgan fingerprint density at radius 3 is 2.79 bits per heavy atom. The molecule has 1 heterocycles. The summed E-state index contributed by atoms with van der Waals surface area (Å²) in [6, 6.07) is 0. The van der Waals surface area contributed by atoms with Gasteiger partial charge in [-0.3, -0.25) is 4.79 Å². The summed E-state index contributed by atoms with van der Waals surface area (Å²) in [7, 11) is 0. The van der Waals surface area contributed by atoms with Gasteiger partial charge in [0.15, 0.2) is 0 Å². The van der Waals surface area contributed by atoms with Crippen LogP contribution in [0.4, 0.5) is 0 Å². The summed E-state index contributed by atoms with van der Waals surface area (Å²) in [4.78, 5) is 11.6. The molecule has 1 rings (SSSR count). The smallest absolute Gasteiger partial charge is 0.311 e. The van der Waals surface area contributed by atoms with Crippen molar-refractivity contribution in [1.29, 1.82) is 0 Å².